The molecule has 0 saturated heterocycles. The molecule has 0 aromatic heterocycles. The smallest absolute Gasteiger partial charge is 0.338 e. The van der Waals surface area contributed by atoms with Crippen molar-refractivity contribution in [3.63, 3.8) is 0 Å². The van der Waals surface area contributed by atoms with Crippen LogP contribution in [0.15, 0.2) is 83.8 Å². The highest BCUT2D eigenvalue weighted by molar-refractivity contribution is 7.99. The molecule has 0 bridgehead atoms. The number of hydrogen-bond acceptors (Lipinski definition) is 5. The lowest BCUT2D eigenvalue weighted by Crippen LogP contribution is -2.41. The van der Waals surface area contributed by atoms with Crippen molar-refractivity contribution in [2.75, 3.05) is 23.0 Å². The number of rotatable bonds is 4. The zero-order valence-corrected chi connectivity index (χ0v) is 16.5. The molecule has 1 aliphatic rings. The van der Waals surface area contributed by atoms with Gasteiger partial charge >= 0.3 is 5.97 Å². The van der Waals surface area contributed by atoms with Crippen LogP contribution in [0.1, 0.15) is 22.0 Å². The summed E-state index contributed by atoms with van der Waals surface area (Å²) in [6.45, 7) is -0.328. The van der Waals surface area contributed by atoms with Gasteiger partial charge < -0.3 is 10.5 Å². The van der Waals surface area contributed by atoms with Crippen LogP contribution in [0.3, 0.4) is 0 Å². The number of amides is 1. The molecule has 29 heavy (non-hydrogen) atoms. The summed E-state index contributed by atoms with van der Waals surface area (Å²) in [6, 6.07) is 24.0. The molecule has 0 unspecified atom stereocenters. The zero-order chi connectivity index (χ0) is 20.2. The van der Waals surface area contributed by atoms with Gasteiger partial charge in [0.25, 0.3) is 5.91 Å². The molecule has 0 saturated carbocycles. The van der Waals surface area contributed by atoms with Gasteiger partial charge in [-0.05, 0) is 42.0 Å². The first-order chi connectivity index (χ1) is 14.1. The average Bonchev–Trinajstić information content (AvgIpc) is 2.77. The van der Waals surface area contributed by atoms with Crippen molar-refractivity contribution in [3.05, 3.63) is 90.0 Å². The van der Waals surface area contributed by atoms with Gasteiger partial charge in [-0.2, -0.15) is 0 Å². The van der Waals surface area contributed by atoms with Crippen LogP contribution in [0.4, 0.5) is 11.4 Å². The van der Waals surface area contributed by atoms with Crippen LogP contribution in [-0.4, -0.2) is 24.2 Å². The summed E-state index contributed by atoms with van der Waals surface area (Å²) in [6.07, 6.45) is 0. The molecule has 3 aromatic rings. The van der Waals surface area contributed by atoms with Crippen molar-refractivity contribution in [2.24, 2.45) is 0 Å². The maximum Gasteiger partial charge on any atom is 0.338 e. The predicted octanol–water partition coefficient (Wildman–Crippen LogP) is 4.31. The SMILES string of the molecule is Nc1ccc(C(=O)OCC(=O)N2c3ccccc3SC[C@H]2c2ccccc2)cc1. The van der Waals surface area contributed by atoms with Gasteiger partial charge in [-0.25, -0.2) is 4.79 Å². The summed E-state index contributed by atoms with van der Waals surface area (Å²) < 4.78 is 5.30. The van der Waals surface area contributed by atoms with E-state index in [2.05, 4.69) is 0 Å². The Balaban J connectivity index is 1.56. The van der Waals surface area contributed by atoms with Crippen molar-refractivity contribution >= 4 is 35.0 Å². The zero-order valence-electron chi connectivity index (χ0n) is 15.7. The molecular formula is C23H20N2O3S. The van der Waals surface area contributed by atoms with Crippen molar-refractivity contribution in [3.8, 4) is 0 Å². The van der Waals surface area contributed by atoms with Crippen molar-refractivity contribution in [2.45, 2.75) is 10.9 Å². The molecule has 0 spiro atoms. The van der Waals surface area contributed by atoms with Crippen molar-refractivity contribution < 1.29 is 14.3 Å². The maximum absolute atomic E-state index is 13.2. The lowest BCUT2D eigenvalue weighted by atomic mass is 10.1. The minimum absolute atomic E-state index is 0.126. The summed E-state index contributed by atoms with van der Waals surface area (Å²) in [7, 11) is 0. The Morgan fingerprint density at radius 2 is 1.66 bits per heavy atom. The van der Waals surface area contributed by atoms with Crippen LogP contribution in [0.2, 0.25) is 0 Å². The van der Waals surface area contributed by atoms with Crippen LogP contribution < -0.4 is 10.6 Å². The Morgan fingerprint density at radius 3 is 2.41 bits per heavy atom. The lowest BCUT2D eigenvalue weighted by Gasteiger charge is -2.37. The Kier molecular flexibility index (Phi) is 5.53. The van der Waals surface area contributed by atoms with Gasteiger partial charge in [-0.3, -0.25) is 9.69 Å². The van der Waals surface area contributed by atoms with E-state index in [-0.39, 0.29) is 18.6 Å². The van der Waals surface area contributed by atoms with E-state index in [9.17, 15) is 9.59 Å². The first kappa shape index (κ1) is 19.1. The fourth-order valence-corrected chi connectivity index (χ4v) is 4.49. The molecule has 0 radical (unpaired) electrons. The van der Waals surface area contributed by atoms with Crippen molar-refractivity contribution in [1.82, 2.24) is 0 Å². The predicted molar refractivity (Wildman–Crippen MR) is 115 cm³/mol. The number of nitrogen functional groups attached to an aromatic ring is 1. The first-order valence-electron chi connectivity index (χ1n) is 9.25. The number of hydrogen-bond donors (Lipinski definition) is 1. The second-order valence-electron chi connectivity index (χ2n) is 6.67. The minimum Gasteiger partial charge on any atom is -0.452 e. The summed E-state index contributed by atoms with van der Waals surface area (Å²) in [5, 5.41) is 0. The standard InChI is InChI=1S/C23H20N2O3S/c24-18-12-10-17(11-13-18)23(27)28-14-22(26)25-19-8-4-5-9-21(19)29-15-20(25)16-6-2-1-3-7-16/h1-13,20H,14-15,24H2/t20-/m0/s1. The van der Waals surface area contributed by atoms with Gasteiger partial charge in [0.1, 0.15) is 0 Å². The van der Waals surface area contributed by atoms with Crippen LogP contribution in [-0.2, 0) is 9.53 Å². The van der Waals surface area contributed by atoms with E-state index in [4.69, 9.17) is 10.5 Å². The number of esters is 1. The minimum atomic E-state index is -0.547. The molecule has 0 fully saturated rings. The fraction of sp³-hybridized carbons (Fsp3) is 0.130. The Morgan fingerprint density at radius 1 is 0.966 bits per heavy atom. The van der Waals surface area contributed by atoms with Crippen LogP contribution >= 0.6 is 11.8 Å². The summed E-state index contributed by atoms with van der Waals surface area (Å²) in [5.74, 6) is -0.0664. The van der Waals surface area contributed by atoms with Crippen molar-refractivity contribution in [1.29, 1.82) is 0 Å². The topological polar surface area (TPSA) is 72.6 Å². The molecule has 1 atom stereocenters. The second-order valence-corrected chi connectivity index (χ2v) is 7.73. The molecule has 6 heteroatoms. The summed E-state index contributed by atoms with van der Waals surface area (Å²) >= 11 is 1.72. The number of thioether (sulfide) groups is 1. The Bertz CT molecular complexity index is 1020. The highest BCUT2D eigenvalue weighted by Gasteiger charge is 2.32. The van der Waals surface area contributed by atoms with E-state index in [1.807, 2.05) is 54.6 Å². The quantitative estimate of drug-likeness (QED) is 0.518. The highest BCUT2D eigenvalue weighted by Crippen LogP contribution is 2.43. The summed E-state index contributed by atoms with van der Waals surface area (Å²) in [5.41, 5.74) is 8.46. The van der Waals surface area contributed by atoms with Gasteiger partial charge in [-0.1, -0.05) is 42.5 Å². The molecular weight excluding hydrogens is 384 g/mol. The number of benzene rings is 3. The number of anilines is 2. The number of nitrogens with zero attached hydrogens (tertiary/aromatic N) is 1. The number of nitrogens with two attached hydrogens (primary N) is 1. The third-order valence-corrected chi connectivity index (χ3v) is 5.90. The van der Waals surface area contributed by atoms with Crippen LogP contribution in [0, 0.1) is 0 Å². The maximum atomic E-state index is 13.2. The molecule has 146 valence electrons. The number of fused-ring (bicyclic) bond motifs is 1. The lowest BCUT2D eigenvalue weighted by molar-refractivity contribution is -0.122. The largest absolute Gasteiger partial charge is 0.452 e. The van der Waals surface area contributed by atoms with Gasteiger partial charge in [0.15, 0.2) is 6.61 Å². The molecule has 3 aromatic carbocycles. The van der Waals surface area contributed by atoms with Crippen LogP contribution in [0.5, 0.6) is 0 Å². The first-order valence-corrected chi connectivity index (χ1v) is 10.2. The third-order valence-electron chi connectivity index (χ3n) is 4.76. The molecule has 1 amide bonds. The second kappa shape index (κ2) is 8.41. The number of carbonyl (C=O) groups excluding carboxylic acids is 2. The molecule has 5 nitrogen and oxygen atoms in total. The Labute approximate surface area is 173 Å². The van der Waals surface area contributed by atoms with E-state index >= 15 is 0 Å². The van der Waals surface area contributed by atoms with E-state index in [1.165, 1.54) is 0 Å². The van der Waals surface area contributed by atoms with E-state index in [0.29, 0.717) is 11.3 Å². The van der Waals surface area contributed by atoms with E-state index in [1.54, 1.807) is 40.9 Å². The normalized spacial score (nSPS) is 15.4. The van der Waals surface area contributed by atoms with Crippen LogP contribution in [0.25, 0.3) is 0 Å². The van der Waals surface area contributed by atoms with Gasteiger partial charge in [0.05, 0.1) is 17.3 Å². The average molecular weight is 404 g/mol. The molecule has 2 N–H and O–H groups in total. The Hall–Kier alpha value is -3.25. The van der Waals surface area contributed by atoms with Gasteiger partial charge in [0.2, 0.25) is 0 Å². The summed E-state index contributed by atoms with van der Waals surface area (Å²) in [4.78, 5) is 28.2. The number of carbonyl (C=O) groups is 2. The monoisotopic (exact) mass is 404 g/mol. The number of ether oxygens (including phenoxy) is 1. The molecule has 4 rings (SSSR count). The van der Waals surface area contributed by atoms with Gasteiger partial charge in [-0.15, -0.1) is 11.8 Å². The fourth-order valence-electron chi connectivity index (χ4n) is 3.32. The third kappa shape index (κ3) is 4.12. The highest BCUT2D eigenvalue weighted by atomic mass is 32.2. The van der Waals surface area contributed by atoms with E-state index in [0.717, 1.165) is 21.9 Å². The molecule has 0 aliphatic carbocycles. The molecule has 1 heterocycles. The number of para-hydroxylation sites is 1. The van der Waals surface area contributed by atoms with E-state index < -0.39 is 5.97 Å². The van der Waals surface area contributed by atoms with Gasteiger partial charge in [0, 0.05) is 16.3 Å². The molecule has 1 aliphatic heterocycles.